The molecule has 0 unspecified atom stereocenters. The summed E-state index contributed by atoms with van der Waals surface area (Å²) in [6.45, 7) is 6.25. The summed E-state index contributed by atoms with van der Waals surface area (Å²) in [5, 5.41) is 0.449. The van der Waals surface area contributed by atoms with Crippen LogP contribution in [0.15, 0.2) is 47.9 Å². The van der Waals surface area contributed by atoms with Crippen molar-refractivity contribution in [1.29, 1.82) is 0 Å². The standard InChI is InChI=1S/C23H21Cl2NO4S/c1-4-6-16-9-15(11-19(30-5-2)21(16)29-3)12-20-22(27)26(23(28)31-20)13-14-7-8-17(24)18(25)10-14/h4,7-12H,1,5-6,13H2,2-3H3/b20-12-. The average molecular weight is 478 g/mol. The van der Waals surface area contributed by atoms with Crippen molar-refractivity contribution in [3.8, 4) is 11.5 Å². The maximum absolute atomic E-state index is 12.9. The number of allylic oxidation sites excluding steroid dienone is 1. The molecule has 0 aromatic heterocycles. The normalized spacial score (nSPS) is 15.0. The molecule has 0 spiro atoms. The zero-order valence-electron chi connectivity index (χ0n) is 17.1. The van der Waals surface area contributed by atoms with E-state index in [4.69, 9.17) is 32.7 Å². The van der Waals surface area contributed by atoms with E-state index >= 15 is 0 Å². The van der Waals surface area contributed by atoms with Gasteiger partial charge in [0.15, 0.2) is 11.5 Å². The molecule has 2 amide bonds. The highest BCUT2D eigenvalue weighted by atomic mass is 35.5. The van der Waals surface area contributed by atoms with E-state index in [-0.39, 0.29) is 17.7 Å². The van der Waals surface area contributed by atoms with E-state index < -0.39 is 0 Å². The Hall–Kier alpha value is -2.41. The fourth-order valence-corrected chi connectivity index (χ4v) is 4.34. The van der Waals surface area contributed by atoms with E-state index in [0.717, 1.165) is 22.9 Å². The Morgan fingerprint density at radius 1 is 1.16 bits per heavy atom. The zero-order valence-corrected chi connectivity index (χ0v) is 19.4. The van der Waals surface area contributed by atoms with Crippen molar-refractivity contribution >= 4 is 52.2 Å². The van der Waals surface area contributed by atoms with Crippen molar-refractivity contribution in [3.63, 3.8) is 0 Å². The van der Waals surface area contributed by atoms with Crippen molar-refractivity contribution in [2.45, 2.75) is 19.9 Å². The first-order valence-electron chi connectivity index (χ1n) is 9.51. The lowest BCUT2D eigenvalue weighted by Gasteiger charge is -2.15. The first-order chi connectivity index (χ1) is 14.9. The van der Waals surface area contributed by atoms with E-state index in [2.05, 4.69) is 6.58 Å². The summed E-state index contributed by atoms with van der Waals surface area (Å²) in [5.41, 5.74) is 2.33. The molecule has 1 fully saturated rings. The third kappa shape index (κ3) is 5.26. The van der Waals surface area contributed by atoms with E-state index in [9.17, 15) is 9.59 Å². The molecule has 0 N–H and O–H groups in total. The van der Waals surface area contributed by atoms with E-state index in [1.165, 1.54) is 4.90 Å². The number of halogens is 2. The predicted octanol–water partition coefficient (Wildman–Crippen LogP) is 6.37. The molecule has 1 aliphatic rings. The predicted molar refractivity (Wildman–Crippen MR) is 126 cm³/mol. The summed E-state index contributed by atoms with van der Waals surface area (Å²) in [4.78, 5) is 26.9. The second-order valence-electron chi connectivity index (χ2n) is 6.65. The molecule has 0 saturated carbocycles. The molecule has 2 aromatic rings. The van der Waals surface area contributed by atoms with Gasteiger partial charge in [0.25, 0.3) is 11.1 Å². The smallest absolute Gasteiger partial charge is 0.293 e. The average Bonchev–Trinajstić information content (AvgIpc) is 2.98. The van der Waals surface area contributed by atoms with Gasteiger partial charge in [0.2, 0.25) is 0 Å². The zero-order chi connectivity index (χ0) is 22.5. The minimum atomic E-state index is -0.361. The highest BCUT2D eigenvalue weighted by molar-refractivity contribution is 8.18. The molecule has 2 aromatic carbocycles. The molecular weight excluding hydrogens is 457 g/mol. The van der Waals surface area contributed by atoms with Crippen molar-refractivity contribution in [1.82, 2.24) is 4.90 Å². The minimum Gasteiger partial charge on any atom is -0.493 e. The second kappa shape index (κ2) is 10.3. The Labute approximate surface area is 195 Å². The highest BCUT2D eigenvalue weighted by Gasteiger charge is 2.35. The molecule has 8 heteroatoms. The molecule has 31 heavy (non-hydrogen) atoms. The lowest BCUT2D eigenvalue weighted by molar-refractivity contribution is -0.123. The summed E-state index contributed by atoms with van der Waals surface area (Å²) >= 11 is 12.9. The van der Waals surface area contributed by atoms with Gasteiger partial charge < -0.3 is 9.47 Å². The largest absolute Gasteiger partial charge is 0.493 e. The number of methoxy groups -OCH3 is 1. The second-order valence-corrected chi connectivity index (χ2v) is 8.46. The summed E-state index contributed by atoms with van der Waals surface area (Å²) in [6, 6.07) is 8.72. The van der Waals surface area contributed by atoms with Crippen LogP contribution in [0.3, 0.4) is 0 Å². The van der Waals surface area contributed by atoms with Gasteiger partial charge in [0.05, 0.1) is 35.2 Å². The third-order valence-electron chi connectivity index (χ3n) is 4.52. The fourth-order valence-electron chi connectivity index (χ4n) is 3.18. The highest BCUT2D eigenvalue weighted by Crippen LogP contribution is 2.37. The quantitative estimate of drug-likeness (QED) is 0.326. The van der Waals surface area contributed by atoms with Crippen LogP contribution in [0.4, 0.5) is 4.79 Å². The molecule has 1 aliphatic heterocycles. The van der Waals surface area contributed by atoms with Gasteiger partial charge in [-0.15, -0.1) is 6.58 Å². The molecule has 1 heterocycles. The van der Waals surface area contributed by atoms with Crippen LogP contribution < -0.4 is 9.47 Å². The number of imide groups is 1. The van der Waals surface area contributed by atoms with E-state index in [0.29, 0.717) is 45.0 Å². The summed E-state index contributed by atoms with van der Waals surface area (Å²) in [5.74, 6) is 0.845. The number of carbonyl (C=O) groups is 2. The lowest BCUT2D eigenvalue weighted by atomic mass is 10.0. The molecule has 0 bridgehead atoms. The topological polar surface area (TPSA) is 55.8 Å². The number of amides is 2. The Balaban J connectivity index is 1.91. The Morgan fingerprint density at radius 3 is 2.58 bits per heavy atom. The molecule has 162 valence electrons. The van der Waals surface area contributed by atoms with Crippen LogP contribution in [0, 0.1) is 0 Å². The minimum absolute atomic E-state index is 0.118. The van der Waals surface area contributed by atoms with Crippen LogP contribution in [-0.4, -0.2) is 29.8 Å². The number of ether oxygens (including phenoxy) is 2. The van der Waals surface area contributed by atoms with Crippen LogP contribution in [0.1, 0.15) is 23.6 Å². The summed E-state index contributed by atoms with van der Waals surface area (Å²) < 4.78 is 11.2. The Morgan fingerprint density at radius 2 is 1.94 bits per heavy atom. The fraction of sp³-hybridized carbons (Fsp3) is 0.217. The Kier molecular flexibility index (Phi) is 7.70. The molecule has 0 aliphatic carbocycles. The van der Waals surface area contributed by atoms with Gasteiger partial charge in [0.1, 0.15) is 0 Å². The van der Waals surface area contributed by atoms with Gasteiger partial charge in [-0.25, -0.2) is 0 Å². The molecular formula is C23H21Cl2NO4S. The summed E-state index contributed by atoms with van der Waals surface area (Å²) in [6.07, 6.45) is 4.03. The molecule has 3 rings (SSSR count). The molecule has 0 radical (unpaired) electrons. The van der Waals surface area contributed by atoms with Crippen LogP contribution >= 0.6 is 35.0 Å². The van der Waals surface area contributed by atoms with Crippen molar-refractivity contribution < 1.29 is 19.1 Å². The van der Waals surface area contributed by atoms with Gasteiger partial charge in [-0.3, -0.25) is 14.5 Å². The number of rotatable bonds is 8. The van der Waals surface area contributed by atoms with Crippen LogP contribution in [0.25, 0.3) is 6.08 Å². The number of nitrogens with zero attached hydrogens (tertiary/aromatic N) is 1. The van der Waals surface area contributed by atoms with Crippen LogP contribution in [0.5, 0.6) is 11.5 Å². The van der Waals surface area contributed by atoms with Crippen LogP contribution in [0.2, 0.25) is 10.0 Å². The number of hydrogen-bond donors (Lipinski definition) is 0. The molecule has 0 atom stereocenters. The maximum atomic E-state index is 12.9. The first-order valence-corrected chi connectivity index (χ1v) is 11.1. The number of benzene rings is 2. The van der Waals surface area contributed by atoms with Gasteiger partial charge in [-0.2, -0.15) is 0 Å². The third-order valence-corrected chi connectivity index (χ3v) is 6.16. The van der Waals surface area contributed by atoms with Crippen LogP contribution in [-0.2, 0) is 17.8 Å². The first kappa shape index (κ1) is 23.3. The SMILES string of the molecule is C=CCc1cc(/C=C2\SC(=O)N(Cc3ccc(Cl)c(Cl)c3)C2=O)cc(OCC)c1OC. The van der Waals surface area contributed by atoms with Gasteiger partial charge in [0, 0.05) is 5.56 Å². The van der Waals surface area contributed by atoms with Gasteiger partial charge >= 0.3 is 0 Å². The Bertz CT molecular complexity index is 1070. The number of hydrogen-bond acceptors (Lipinski definition) is 5. The van der Waals surface area contributed by atoms with Crippen molar-refractivity contribution in [3.05, 3.63) is 74.6 Å². The molecule has 1 saturated heterocycles. The van der Waals surface area contributed by atoms with Crippen molar-refractivity contribution in [2.24, 2.45) is 0 Å². The van der Waals surface area contributed by atoms with E-state index in [1.807, 2.05) is 13.0 Å². The van der Waals surface area contributed by atoms with E-state index in [1.54, 1.807) is 43.5 Å². The summed E-state index contributed by atoms with van der Waals surface area (Å²) in [7, 11) is 1.58. The van der Waals surface area contributed by atoms with Crippen molar-refractivity contribution in [2.75, 3.05) is 13.7 Å². The number of carbonyl (C=O) groups excluding carboxylic acids is 2. The number of thioether (sulfide) groups is 1. The van der Waals surface area contributed by atoms with Gasteiger partial charge in [-0.1, -0.05) is 35.3 Å². The van der Waals surface area contributed by atoms with Gasteiger partial charge in [-0.05, 0) is 66.6 Å². The monoisotopic (exact) mass is 477 g/mol. The lowest BCUT2D eigenvalue weighted by Crippen LogP contribution is -2.27. The molecule has 5 nitrogen and oxygen atoms in total. The maximum Gasteiger partial charge on any atom is 0.293 e.